The highest BCUT2D eigenvalue weighted by molar-refractivity contribution is 5.14. The maximum atomic E-state index is 8.77. The molecule has 7 heteroatoms. The molecule has 0 bridgehead atoms. The number of hydrogen-bond donors (Lipinski definition) is 5. The highest BCUT2D eigenvalue weighted by Gasteiger charge is 2.23. The lowest BCUT2D eigenvalue weighted by atomic mass is 10.1. The predicted octanol–water partition coefficient (Wildman–Crippen LogP) is -1.10. The quantitative estimate of drug-likeness (QED) is 0.468. The minimum absolute atomic E-state index is 0.610. The number of hydrogen-bond acceptors (Lipinski definition) is 7. The number of pyridine rings is 1. The van der Waals surface area contributed by atoms with Crippen LogP contribution in [0.1, 0.15) is 24.4 Å². The maximum Gasteiger partial charge on any atom is 0.110 e. The summed E-state index contributed by atoms with van der Waals surface area (Å²) in [5.74, 6) is 0. The fourth-order valence-electron chi connectivity index (χ4n) is 2.38. The van der Waals surface area contributed by atoms with Crippen LogP contribution in [0.25, 0.3) is 0 Å². The van der Waals surface area contributed by atoms with Crippen molar-refractivity contribution in [1.29, 1.82) is 0 Å². The van der Waals surface area contributed by atoms with Gasteiger partial charge in [0.05, 0.1) is 13.2 Å². The monoisotopic (exact) mass is 314 g/mol. The fraction of sp³-hybridized carbons (Fsp3) is 0.667. The first-order valence-corrected chi connectivity index (χ1v) is 7.37. The van der Waals surface area contributed by atoms with Crippen molar-refractivity contribution in [2.45, 2.75) is 37.2 Å². The third-order valence-corrected chi connectivity index (χ3v) is 3.75. The SMILES string of the molecule is CN1CCCC1c1cccnc1.OCC(O)C(O)C(O)CO. The largest absolute Gasteiger partial charge is 0.394 e. The molecule has 0 aliphatic carbocycles. The first-order valence-electron chi connectivity index (χ1n) is 7.37. The second-order valence-corrected chi connectivity index (χ2v) is 5.42. The van der Waals surface area contributed by atoms with Crippen LogP contribution in [0.3, 0.4) is 0 Å². The molecule has 126 valence electrons. The summed E-state index contributed by atoms with van der Waals surface area (Å²) >= 11 is 0. The first-order chi connectivity index (χ1) is 10.5. The second-order valence-electron chi connectivity index (χ2n) is 5.42. The van der Waals surface area contributed by atoms with E-state index < -0.39 is 31.5 Å². The second kappa shape index (κ2) is 9.83. The number of aromatic nitrogens is 1. The van der Waals surface area contributed by atoms with Crippen molar-refractivity contribution in [2.75, 3.05) is 26.8 Å². The van der Waals surface area contributed by atoms with E-state index in [1.165, 1.54) is 24.9 Å². The van der Waals surface area contributed by atoms with Crippen LogP contribution in [-0.2, 0) is 0 Å². The molecular weight excluding hydrogens is 288 g/mol. The predicted molar refractivity (Wildman–Crippen MR) is 81.0 cm³/mol. The van der Waals surface area contributed by atoms with Gasteiger partial charge in [-0.05, 0) is 38.1 Å². The molecule has 1 fully saturated rings. The molecule has 1 aromatic rings. The normalized spacial score (nSPS) is 22.5. The summed E-state index contributed by atoms with van der Waals surface area (Å²) in [6, 6.07) is 4.79. The Hall–Kier alpha value is -1.09. The van der Waals surface area contributed by atoms with Gasteiger partial charge in [-0.1, -0.05) is 6.07 Å². The summed E-state index contributed by atoms with van der Waals surface area (Å²) < 4.78 is 0. The van der Waals surface area contributed by atoms with Crippen LogP contribution in [0.4, 0.5) is 0 Å². The maximum absolute atomic E-state index is 8.77. The van der Waals surface area contributed by atoms with Gasteiger partial charge in [-0.3, -0.25) is 9.88 Å². The summed E-state index contributed by atoms with van der Waals surface area (Å²) in [5, 5.41) is 42.6. The summed E-state index contributed by atoms with van der Waals surface area (Å²) in [6.45, 7) is -0.0595. The Morgan fingerprint density at radius 1 is 1.23 bits per heavy atom. The van der Waals surface area contributed by atoms with Crippen molar-refractivity contribution in [3.8, 4) is 0 Å². The van der Waals surface area contributed by atoms with Gasteiger partial charge in [0.15, 0.2) is 0 Å². The van der Waals surface area contributed by atoms with E-state index in [-0.39, 0.29) is 0 Å². The van der Waals surface area contributed by atoms with Crippen LogP contribution >= 0.6 is 0 Å². The Morgan fingerprint density at radius 2 is 1.86 bits per heavy atom. The topological polar surface area (TPSA) is 117 Å². The average molecular weight is 314 g/mol. The molecule has 0 spiro atoms. The standard InChI is InChI=1S/C10H14N2.C5H12O5/c1-12-7-3-5-10(12)9-4-2-6-11-8-9;6-1-3(8)5(10)4(9)2-7/h2,4,6,8,10H,3,5,7H2,1H3;3-10H,1-2H2. The van der Waals surface area contributed by atoms with Crippen LogP contribution in [0.5, 0.6) is 0 Å². The van der Waals surface area contributed by atoms with E-state index in [4.69, 9.17) is 25.5 Å². The van der Waals surface area contributed by atoms with Crippen LogP contribution < -0.4 is 0 Å². The Balaban J connectivity index is 0.000000225. The summed E-state index contributed by atoms with van der Waals surface area (Å²) in [4.78, 5) is 6.54. The third-order valence-electron chi connectivity index (χ3n) is 3.75. The first kappa shape index (κ1) is 19.0. The van der Waals surface area contributed by atoms with Crippen molar-refractivity contribution in [3.63, 3.8) is 0 Å². The molecule has 7 nitrogen and oxygen atoms in total. The average Bonchev–Trinajstić information content (AvgIpc) is 3.00. The van der Waals surface area contributed by atoms with Gasteiger partial charge in [0.2, 0.25) is 0 Å². The zero-order valence-corrected chi connectivity index (χ0v) is 12.8. The van der Waals surface area contributed by atoms with E-state index in [1.54, 1.807) is 0 Å². The summed E-state index contributed by atoms with van der Waals surface area (Å²) in [7, 11) is 2.19. The lowest BCUT2D eigenvalue weighted by molar-refractivity contribution is -0.0900. The molecule has 1 aromatic heterocycles. The lowest BCUT2D eigenvalue weighted by Crippen LogP contribution is -2.41. The third kappa shape index (κ3) is 5.60. The number of likely N-dealkylation sites (tertiary alicyclic amines) is 1. The molecule has 0 amide bonds. The molecule has 2 heterocycles. The van der Waals surface area contributed by atoms with Crippen molar-refractivity contribution in [3.05, 3.63) is 30.1 Å². The highest BCUT2D eigenvalue weighted by Crippen LogP contribution is 2.29. The van der Waals surface area contributed by atoms with E-state index in [0.29, 0.717) is 6.04 Å². The van der Waals surface area contributed by atoms with Crippen molar-refractivity contribution in [2.24, 2.45) is 0 Å². The molecule has 3 unspecified atom stereocenters. The highest BCUT2D eigenvalue weighted by atomic mass is 16.4. The molecule has 1 saturated heterocycles. The van der Waals surface area contributed by atoms with Gasteiger partial charge in [0.1, 0.15) is 18.3 Å². The molecule has 0 radical (unpaired) electrons. The molecule has 1 aliphatic heterocycles. The molecule has 0 aromatic carbocycles. The van der Waals surface area contributed by atoms with Crippen LogP contribution in [0, 0.1) is 0 Å². The smallest absolute Gasteiger partial charge is 0.110 e. The molecule has 5 N–H and O–H groups in total. The van der Waals surface area contributed by atoms with E-state index in [2.05, 4.69) is 23.0 Å². The van der Waals surface area contributed by atoms with Gasteiger partial charge >= 0.3 is 0 Å². The Kier molecular flexibility index (Phi) is 8.47. The van der Waals surface area contributed by atoms with Crippen molar-refractivity contribution < 1.29 is 25.5 Å². The molecular formula is C15H26N2O5. The zero-order chi connectivity index (χ0) is 16.5. The zero-order valence-electron chi connectivity index (χ0n) is 12.8. The van der Waals surface area contributed by atoms with Gasteiger partial charge in [-0.25, -0.2) is 0 Å². The minimum Gasteiger partial charge on any atom is -0.394 e. The van der Waals surface area contributed by atoms with Gasteiger partial charge in [-0.15, -0.1) is 0 Å². The van der Waals surface area contributed by atoms with Gasteiger partial charge in [0, 0.05) is 18.4 Å². The van der Waals surface area contributed by atoms with Crippen LogP contribution in [0.15, 0.2) is 24.5 Å². The van der Waals surface area contributed by atoms with Gasteiger partial charge in [0.25, 0.3) is 0 Å². The lowest BCUT2D eigenvalue weighted by Gasteiger charge is -2.19. The number of aliphatic hydroxyl groups is 5. The van der Waals surface area contributed by atoms with Crippen molar-refractivity contribution in [1.82, 2.24) is 9.88 Å². The molecule has 1 aliphatic rings. The van der Waals surface area contributed by atoms with Gasteiger partial charge in [-0.2, -0.15) is 0 Å². The Morgan fingerprint density at radius 3 is 2.27 bits per heavy atom. The van der Waals surface area contributed by atoms with Crippen molar-refractivity contribution >= 4 is 0 Å². The number of aliphatic hydroxyl groups excluding tert-OH is 5. The van der Waals surface area contributed by atoms with E-state index >= 15 is 0 Å². The van der Waals surface area contributed by atoms with Crippen LogP contribution in [0.2, 0.25) is 0 Å². The fourth-order valence-corrected chi connectivity index (χ4v) is 2.38. The summed E-state index contributed by atoms with van der Waals surface area (Å²) in [5.41, 5.74) is 1.36. The number of nitrogens with zero attached hydrogens (tertiary/aromatic N) is 2. The summed E-state index contributed by atoms with van der Waals surface area (Å²) in [6.07, 6.45) is 2.11. The van der Waals surface area contributed by atoms with Crippen LogP contribution in [-0.4, -0.2) is 80.5 Å². The van der Waals surface area contributed by atoms with E-state index in [9.17, 15) is 0 Å². The molecule has 0 saturated carbocycles. The Bertz CT molecular complexity index is 396. The van der Waals surface area contributed by atoms with E-state index in [0.717, 1.165) is 0 Å². The molecule has 2 rings (SSSR count). The van der Waals surface area contributed by atoms with E-state index in [1.807, 2.05) is 18.5 Å². The molecule has 3 atom stereocenters. The molecule has 22 heavy (non-hydrogen) atoms. The number of rotatable bonds is 5. The van der Waals surface area contributed by atoms with Gasteiger partial charge < -0.3 is 25.5 Å². The Labute approximate surface area is 130 Å². The minimum atomic E-state index is -1.49.